The fraction of sp³-hybridized carbons (Fsp3) is 0.250. The van der Waals surface area contributed by atoms with Gasteiger partial charge in [0.25, 0.3) is 6.17 Å². The van der Waals surface area contributed by atoms with Crippen LogP contribution >= 0.6 is 0 Å². The van der Waals surface area contributed by atoms with Gasteiger partial charge in [-0.2, -0.15) is 22.0 Å². The molecular weight excluding hydrogens is 306 g/mol. The molecule has 0 saturated carbocycles. The third-order valence-corrected chi connectivity index (χ3v) is 2.13. The van der Waals surface area contributed by atoms with Crippen LogP contribution in [0.2, 0.25) is 0 Å². The van der Waals surface area contributed by atoms with Gasteiger partial charge in [0.05, 0.1) is 5.97 Å². The first-order valence-electron chi connectivity index (χ1n) is 5.29. The summed E-state index contributed by atoms with van der Waals surface area (Å²) in [6.07, 6.45) is -13.6. The number of carboxylic acids is 1. The monoisotopic (exact) mass is 313 g/mol. The van der Waals surface area contributed by atoms with Gasteiger partial charge in [0.1, 0.15) is 5.75 Å². The van der Waals surface area contributed by atoms with Crippen molar-refractivity contribution < 1.29 is 41.0 Å². The number of aliphatic carboxylic acids is 1. The van der Waals surface area contributed by atoms with E-state index < -0.39 is 30.2 Å². The number of alkyl halides is 6. The zero-order valence-corrected chi connectivity index (χ0v) is 10.0. The number of carbonyl (C=O) groups excluding carboxylic acids is 1. The van der Waals surface area contributed by atoms with E-state index in [2.05, 4.69) is 4.74 Å². The lowest BCUT2D eigenvalue weighted by Gasteiger charge is -2.23. The van der Waals surface area contributed by atoms with Crippen molar-refractivity contribution in [1.82, 2.24) is 0 Å². The molecule has 0 fully saturated rings. The van der Waals surface area contributed by atoms with E-state index in [-0.39, 0.29) is 5.56 Å². The molecule has 0 spiro atoms. The van der Waals surface area contributed by atoms with Gasteiger partial charge in [0.2, 0.25) is 0 Å². The van der Waals surface area contributed by atoms with Gasteiger partial charge in [0, 0.05) is 0 Å². The predicted molar refractivity (Wildman–Crippen MR) is 57.0 cm³/mol. The Labute approximate surface area is 114 Å². The molecule has 0 unspecified atom stereocenters. The molecule has 0 N–H and O–H groups in total. The molecule has 1 atom stereocenters. The molecule has 0 bridgehead atoms. The van der Waals surface area contributed by atoms with Crippen molar-refractivity contribution in [2.75, 3.05) is 0 Å². The van der Waals surface area contributed by atoms with Gasteiger partial charge < -0.3 is 14.6 Å². The molecule has 1 aromatic carbocycles. The van der Waals surface area contributed by atoms with Crippen LogP contribution in [0.25, 0.3) is 6.08 Å². The summed E-state index contributed by atoms with van der Waals surface area (Å²) in [6, 6.07) is 3.86. The quantitative estimate of drug-likeness (QED) is 0.619. The van der Waals surface area contributed by atoms with Crippen LogP contribution in [0.15, 0.2) is 30.3 Å². The molecule has 3 nitrogen and oxygen atoms in total. The molecule has 0 heterocycles. The van der Waals surface area contributed by atoms with Gasteiger partial charge in [-0.15, -0.1) is 0 Å². The number of rotatable bonds is 5. The lowest BCUT2D eigenvalue weighted by Crippen LogP contribution is -2.45. The number of hydrogen-bond donors (Lipinski definition) is 0. The van der Waals surface area contributed by atoms with Gasteiger partial charge in [-0.05, 0) is 23.8 Å². The topological polar surface area (TPSA) is 49.4 Å². The number of carbonyl (C=O) groups is 1. The summed E-state index contributed by atoms with van der Waals surface area (Å²) in [6.45, 7) is 0. The van der Waals surface area contributed by atoms with Crippen molar-refractivity contribution in [3.05, 3.63) is 35.9 Å². The van der Waals surface area contributed by atoms with Gasteiger partial charge in [-0.1, -0.05) is 18.2 Å². The molecular formula is C12H7F6O3-. The lowest BCUT2D eigenvalue weighted by molar-refractivity contribution is -0.305. The second kappa shape index (κ2) is 6.06. The Morgan fingerprint density at radius 3 is 2.10 bits per heavy atom. The Kier molecular flexibility index (Phi) is 4.87. The molecule has 0 aliphatic rings. The Hall–Kier alpha value is -2.19. The van der Waals surface area contributed by atoms with Crippen LogP contribution in [0.4, 0.5) is 26.3 Å². The Balaban J connectivity index is 2.82. The fourth-order valence-corrected chi connectivity index (χ4v) is 1.21. The summed E-state index contributed by atoms with van der Waals surface area (Å²) in [4.78, 5) is 10.1. The maximum atomic E-state index is 12.9. The van der Waals surface area contributed by atoms with Crippen molar-refractivity contribution in [2.24, 2.45) is 0 Å². The molecule has 0 amide bonds. The van der Waals surface area contributed by atoms with Gasteiger partial charge in [0.15, 0.2) is 0 Å². The maximum Gasteiger partial charge on any atom is 0.439 e. The van der Waals surface area contributed by atoms with Crippen LogP contribution < -0.4 is 9.84 Å². The molecule has 1 aromatic rings. The van der Waals surface area contributed by atoms with Crippen molar-refractivity contribution >= 4 is 12.0 Å². The maximum absolute atomic E-state index is 12.9. The first-order valence-corrected chi connectivity index (χ1v) is 5.29. The molecule has 0 aromatic heterocycles. The highest BCUT2D eigenvalue weighted by Crippen LogP contribution is 2.36. The van der Waals surface area contributed by atoms with Crippen LogP contribution in [0, 0.1) is 0 Å². The number of ether oxygens (including phenoxy) is 1. The second-order valence-corrected chi connectivity index (χ2v) is 3.79. The average Bonchev–Trinajstić information content (AvgIpc) is 2.35. The van der Waals surface area contributed by atoms with E-state index in [0.717, 1.165) is 30.3 Å². The minimum absolute atomic E-state index is 0.238. The Bertz CT molecular complexity index is 521. The molecule has 21 heavy (non-hydrogen) atoms. The first kappa shape index (κ1) is 16.9. The van der Waals surface area contributed by atoms with Crippen molar-refractivity contribution in [1.29, 1.82) is 0 Å². The van der Waals surface area contributed by atoms with E-state index in [0.29, 0.717) is 6.08 Å². The van der Waals surface area contributed by atoms with E-state index in [4.69, 9.17) is 0 Å². The van der Waals surface area contributed by atoms with Crippen LogP contribution in [0.3, 0.4) is 0 Å². The number of hydrogen-bond acceptors (Lipinski definition) is 3. The van der Waals surface area contributed by atoms with Crippen molar-refractivity contribution in [3.63, 3.8) is 0 Å². The highest BCUT2D eigenvalue weighted by molar-refractivity contribution is 5.83. The zero-order valence-electron chi connectivity index (χ0n) is 10.0. The summed E-state index contributed by atoms with van der Waals surface area (Å²) >= 11 is 0. The largest absolute Gasteiger partial charge is 0.545 e. The van der Waals surface area contributed by atoms with E-state index in [1.165, 1.54) is 0 Å². The molecule has 0 aliphatic heterocycles. The minimum Gasteiger partial charge on any atom is -0.545 e. The van der Waals surface area contributed by atoms with Crippen LogP contribution in [-0.2, 0) is 4.79 Å². The number of benzene rings is 1. The summed E-state index contributed by atoms with van der Waals surface area (Å²) in [5.41, 5.74) is 0.238. The molecule has 116 valence electrons. The Morgan fingerprint density at radius 1 is 1.14 bits per heavy atom. The van der Waals surface area contributed by atoms with Gasteiger partial charge >= 0.3 is 12.3 Å². The Morgan fingerprint density at radius 2 is 1.67 bits per heavy atom. The minimum atomic E-state index is -5.76. The summed E-state index contributed by atoms with van der Waals surface area (Å²) < 4.78 is 77.8. The van der Waals surface area contributed by atoms with E-state index in [9.17, 15) is 36.2 Å². The normalized spacial score (nSPS) is 14.2. The smallest absolute Gasteiger partial charge is 0.439 e. The van der Waals surface area contributed by atoms with Crippen LogP contribution in [-0.4, -0.2) is 24.4 Å². The molecule has 0 saturated heterocycles. The third-order valence-electron chi connectivity index (χ3n) is 2.13. The molecule has 9 heteroatoms. The molecule has 0 aliphatic carbocycles. The third kappa shape index (κ3) is 5.01. The first-order chi connectivity index (χ1) is 9.52. The molecule has 1 rings (SSSR count). The second-order valence-electron chi connectivity index (χ2n) is 3.79. The van der Waals surface area contributed by atoms with Gasteiger partial charge in [-0.25, -0.2) is 4.39 Å². The predicted octanol–water partition coefficient (Wildman–Crippen LogP) is 2.32. The lowest BCUT2D eigenvalue weighted by atomic mass is 10.2. The SMILES string of the molecule is O=C([O-])/C=C/c1ccc(OC(F)(F)[C@H](F)C(F)(F)F)cc1. The van der Waals surface area contributed by atoms with Crippen molar-refractivity contribution in [2.45, 2.75) is 18.5 Å². The standard InChI is InChI=1S/C12H8F6O3/c13-10(11(14,15)16)12(17,18)21-8-4-1-7(2-5-8)3-6-9(19)20/h1-6,10H,(H,19,20)/p-1/b6-3+/t10-/m1/s1. The highest BCUT2D eigenvalue weighted by atomic mass is 19.4. The van der Waals surface area contributed by atoms with Crippen LogP contribution in [0.1, 0.15) is 5.56 Å². The van der Waals surface area contributed by atoms with Gasteiger partial charge in [-0.3, -0.25) is 0 Å². The fourth-order valence-electron chi connectivity index (χ4n) is 1.21. The molecule has 0 radical (unpaired) electrons. The number of halogens is 6. The summed E-state index contributed by atoms with van der Waals surface area (Å²) in [5.74, 6) is -2.20. The van der Waals surface area contributed by atoms with Crippen molar-refractivity contribution in [3.8, 4) is 5.75 Å². The van der Waals surface area contributed by atoms with E-state index in [1.807, 2.05) is 0 Å². The zero-order chi connectivity index (χ0) is 16.3. The summed E-state index contributed by atoms with van der Waals surface area (Å²) in [5, 5.41) is 10.1. The van der Waals surface area contributed by atoms with Crippen LogP contribution in [0.5, 0.6) is 5.75 Å². The summed E-state index contributed by atoms with van der Waals surface area (Å²) in [7, 11) is 0. The number of carboxylic acid groups (broad SMARTS) is 1. The van der Waals surface area contributed by atoms with E-state index in [1.54, 1.807) is 0 Å². The van der Waals surface area contributed by atoms with E-state index >= 15 is 0 Å². The average molecular weight is 313 g/mol. The highest BCUT2D eigenvalue weighted by Gasteiger charge is 2.59.